The lowest BCUT2D eigenvalue weighted by Crippen LogP contribution is -2.32. The van der Waals surface area contributed by atoms with Gasteiger partial charge in [-0.2, -0.15) is 13.2 Å². The number of halogens is 3. The van der Waals surface area contributed by atoms with Gasteiger partial charge in [-0.15, -0.1) is 0 Å². The van der Waals surface area contributed by atoms with Gasteiger partial charge in [0.2, 0.25) is 5.79 Å². The van der Waals surface area contributed by atoms with Gasteiger partial charge in [-0.1, -0.05) is 12.1 Å². The number of hydrogen-bond acceptors (Lipinski definition) is 3. The summed E-state index contributed by atoms with van der Waals surface area (Å²) in [5, 5.41) is 0. The Hall–Kier alpha value is -1.11. The van der Waals surface area contributed by atoms with Crippen LogP contribution in [0.25, 0.3) is 0 Å². The van der Waals surface area contributed by atoms with Gasteiger partial charge in [0.15, 0.2) is 0 Å². The predicted octanol–water partition coefficient (Wildman–Crippen LogP) is 2.55. The molecule has 1 fully saturated rings. The number of methoxy groups -OCH3 is 1. The Balaban J connectivity index is 2.27. The summed E-state index contributed by atoms with van der Waals surface area (Å²) in [7, 11) is 1.48. The van der Waals surface area contributed by atoms with Crippen LogP contribution < -0.4 is 0 Å². The Morgan fingerprint density at radius 1 is 1.17 bits per heavy atom. The summed E-state index contributed by atoms with van der Waals surface area (Å²) < 4.78 is 53.3. The van der Waals surface area contributed by atoms with E-state index in [9.17, 15) is 13.2 Å². The fraction of sp³-hybridized carbons (Fsp3) is 0.500. The molecule has 0 atom stereocenters. The van der Waals surface area contributed by atoms with E-state index in [2.05, 4.69) is 0 Å². The molecule has 1 aromatic rings. The fourth-order valence-corrected chi connectivity index (χ4v) is 1.89. The van der Waals surface area contributed by atoms with Gasteiger partial charge >= 0.3 is 6.18 Å². The number of hydrogen-bond donors (Lipinski definition) is 0. The fourth-order valence-electron chi connectivity index (χ4n) is 1.89. The van der Waals surface area contributed by atoms with E-state index in [4.69, 9.17) is 14.2 Å². The van der Waals surface area contributed by atoms with Crippen molar-refractivity contribution in [3.05, 3.63) is 35.4 Å². The molecule has 1 heterocycles. The molecular weight excluding hydrogens is 249 g/mol. The van der Waals surface area contributed by atoms with Crippen molar-refractivity contribution in [2.45, 2.75) is 12.0 Å². The van der Waals surface area contributed by atoms with E-state index in [1.54, 1.807) is 0 Å². The first kappa shape index (κ1) is 13.3. The number of rotatable bonds is 3. The van der Waals surface area contributed by atoms with Crippen LogP contribution in [-0.4, -0.2) is 26.9 Å². The lowest BCUT2D eigenvalue weighted by atomic mass is 10.0. The van der Waals surface area contributed by atoms with Crippen LogP contribution in [0, 0.1) is 0 Å². The highest BCUT2D eigenvalue weighted by Gasteiger charge is 2.39. The molecule has 0 aliphatic carbocycles. The van der Waals surface area contributed by atoms with E-state index in [-0.39, 0.29) is 6.61 Å². The molecule has 0 unspecified atom stereocenters. The molecule has 0 aromatic heterocycles. The molecule has 1 aliphatic heterocycles. The summed E-state index contributed by atoms with van der Waals surface area (Å²) in [6.45, 7) is 0.924. The molecule has 1 aliphatic rings. The van der Waals surface area contributed by atoms with Crippen LogP contribution in [0.3, 0.4) is 0 Å². The van der Waals surface area contributed by atoms with Gasteiger partial charge < -0.3 is 14.2 Å². The molecule has 0 amide bonds. The molecule has 1 saturated heterocycles. The highest BCUT2D eigenvalue weighted by Crippen LogP contribution is 2.34. The standard InChI is InChI=1S/C12H13F3O3/c1-16-8-11(17-6-7-18-11)9-2-4-10(5-3-9)12(13,14)15/h2-5H,6-8H2,1H3. The second-order valence-corrected chi connectivity index (χ2v) is 3.96. The monoisotopic (exact) mass is 262 g/mol. The van der Waals surface area contributed by atoms with Crippen LogP contribution in [0.5, 0.6) is 0 Å². The first-order valence-corrected chi connectivity index (χ1v) is 5.42. The molecule has 0 N–H and O–H groups in total. The van der Waals surface area contributed by atoms with E-state index < -0.39 is 17.5 Å². The Morgan fingerprint density at radius 3 is 2.17 bits per heavy atom. The minimum atomic E-state index is -4.34. The zero-order valence-corrected chi connectivity index (χ0v) is 9.79. The number of benzene rings is 1. The molecule has 3 nitrogen and oxygen atoms in total. The average molecular weight is 262 g/mol. The third-order valence-electron chi connectivity index (χ3n) is 2.74. The molecule has 18 heavy (non-hydrogen) atoms. The maximum absolute atomic E-state index is 12.5. The highest BCUT2D eigenvalue weighted by molar-refractivity contribution is 5.28. The van der Waals surface area contributed by atoms with Crippen LogP contribution in [0.2, 0.25) is 0 Å². The lowest BCUT2D eigenvalue weighted by molar-refractivity contribution is -0.197. The van der Waals surface area contributed by atoms with E-state index in [0.29, 0.717) is 18.8 Å². The normalized spacial score (nSPS) is 19.1. The third-order valence-corrected chi connectivity index (χ3v) is 2.74. The smallest absolute Gasteiger partial charge is 0.379 e. The van der Waals surface area contributed by atoms with Crippen molar-refractivity contribution in [2.24, 2.45) is 0 Å². The summed E-state index contributed by atoms with van der Waals surface area (Å²) in [5.41, 5.74) is -0.174. The molecule has 1 aromatic carbocycles. The topological polar surface area (TPSA) is 27.7 Å². The van der Waals surface area contributed by atoms with Crippen LogP contribution >= 0.6 is 0 Å². The van der Waals surface area contributed by atoms with Gasteiger partial charge in [0.1, 0.15) is 6.61 Å². The zero-order valence-electron chi connectivity index (χ0n) is 9.79. The Bertz CT molecular complexity index is 394. The van der Waals surface area contributed by atoms with Gasteiger partial charge in [-0.3, -0.25) is 0 Å². The van der Waals surface area contributed by atoms with E-state index >= 15 is 0 Å². The van der Waals surface area contributed by atoms with Crippen LogP contribution in [0.1, 0.15) is 11.1 Å². The summed E-state index contributed by atoms with van der Waals surface area (Å²) >= 11 is 0. The third kappa shape index (κ3) is 2.50. The van der Waals surface area contributed by atoms with Gasteiger partial charge in [-0.05, 0) is 12.1 Å². The molecule has 0 bridgehead atoms. The zero-order chi connectivity index (χ0) is 13.2. The first-order valence-electron chi connectivity index (χ1n) is 5.42. The lowest BCUT2D eigenvalue weighted by Gasteiger charge is -2.27. The highest BCUT2D eigenvalue weighted by atomic mass is 19.4. The van der Waals surface area contributed by atoms with Crippen molar-refractivity contribution >= 4 is 0 Å². The number of alkyl halides is 3. The van der Waals surface area contributed by atoms with Crippen molar-refractivity contribution in [1.29, 1.82) is 0 Å². The minimum Gasteiger partial charge on any atom is -0.379 e. The van der Waals surface area contributed by atoms with Crippen molar-refractivity contribution in [3.8, 4) is 0 Å². The quantitative estimate of drug-likeness (QED) is 0.837. The molecule has 0 saturated carbocycles. The van der Waals surface area contributed by atoms with E-state index in [1.807, 2.05) is 0 Å². The van der Waals surface area contributed by atoms with Gasteiger partial charge in [0.05, 0.1) is 18.8 Å². The molecule has 2 rings (SSSR count). The van der Waals surface area contributed by atoms with Crippen LogP contribution in [0.4, 0.5) is 13.2 Å². The SMILES string of the molecule is COCC1(c2ccc(C(F)(F)F)cc2)OCCO1. The predicted molar refractivity (Wildman–Crippen MR) is 56.9 cm³/mol. The Labute approximate surface area is 102 Å². The maximum atomic E-state index is 12.5. The van der Waals surface area contributed by atoms with Crippen LogP contribution in [0.15, 0.2) is 24.3 Å². The molecular formula is C12H13F3O3. The largest absolute Gasteiger partial charge is 0.416 e. The van der Waals surface area contributed by atoms with Gasteiger partial charge in [-0.25, -0.2) is 0 Å². The maximum Gasteiger partial charge on any atom is 0.416 e. The molecule has 0 radical (unpaired) electrons. The molecule has 100 valence electrons. The van der Waals surface area contributed by atoms with Gasteiger partial charge in [0.25, 0.3) is 0 Å². The van der Waals surface area contributed by atoms with Crippen molar-refractivity contribution in [1.82, 2.24) is 0 Å². The van der Waals surface area contributed by atoms with Crippen LogP contribution in [-0.2, 0) is 26.2 Å². The summed E-state index contributed by atoms with van der Waals surface area (Å²) in [4.78, 5) is 0. The minimum absolute atomic E-state index is 0.137. The summed E-state index contributed by atoms with van der Waals surface area (Å²) in [6, 6.07) is 4.73. The number of ether oxygens (including phenoxy) is 3. The van der Waals surface area contributed by atoms with Crippen molar-refractivity contribution in [2.75, 3.05) is 26.9 Å². The van der Waals surface area contributed by atoms with Crippen molar-refractivity contribution < 1.29 is 27.4 Å². The second-order valence-electron chi connectivity index (χ2n) is 3.96. The second kappa shape index (κ2) is 4.87. The molecule has 0 spiro atoms. The average Bonchev–Trinajstić information content (AvgIpc) is 2.78. The van der Waals surface area contributed by atoms with Crippen molar-refractivity contribution in [3.63, 3.8) is 0 Å². The first-order chi connectivity index (χ1) is 8.48. The van der Waals surface area contributed by atoms with Gasteiger partial charge in [0, 0.05) is 12.7 Å². The van der Waals surface area contributed by atoms with E-state index in [0.717, 1.165) is 12.1 Å². The summed E-state index contributed by atoms with van der Waals surface area (Å²) in [6.07, 6.45) is -4.34. The molecule has 6 heteroatoms. The Morgan fingerprint density at radius 2 is 1.72 bits per heavy atom. The summed E-state index contributed by atoms with van der Waals surface area (Å²) in [5.74, 6) is -1.08. The Kier molecular flexibility index (Phi) is 3.61. The van der Waals surface area contributed by atoms with E-state index in [1.165, 1.54) is 19.2 Å².